The van der Waals surface area contributed by atoms with Crippen LogP contribution in [0.1, 0.15) is 57.8 Å². The maximum absolute atomic E-state index is 12.9. The predicted molar refractivity (Wildman–Crippen MR) is 111 cm³/mol. The summed E-state index contributed by atoms with van der Waals surface area (Å²) in [4.78, 5) is 20.5. The Hall–Kier alpha value is -0.850. The summed E-state index contributed by atoms with van der Waals surface area (Å²) in [5.41, 5.74) is 0. The highest BCUT2D eigenvalue weighted by atomic mass is 16.2. The average molecular weight is 390 g/mol. The van der Waals surface area contributed by atoms with Crippen molar-refractivity contribution in [1.29, 1.82) is 0 Å². The van der Waals surface area contributed by atoms with Gasteiger partial charge in [0.15, 0.2) is 0 Å². The zero-order valence-corrected chi connectivity index (χ0v) is 17.5. The van der Waals surface area contributed by atoms with Crippen LogP contribution in [0.15, 0.2) is 0 Å². The summed E-state index contributed by atoms with van der Waals surface area (Å²) in [6.07, 6.45) is 11.4. The minimum Gasteiger partial charge on any atom is -0.335 e. The maximum Gasteiger partial charge on any atom is 0.317 e. The van der Waals surface area contributed by atoms with Gasteiger partial charge in [-0.2, -0.15) is 0 Å². The van der Waals surface area contributed by atoms with Crippen molar-refractivity contribution < 1.29 is 4.79 Å². The summed E-state index contributed by atoms with van der Waals surface area (Å²) in [6, 6.07) is 2.96. The van der Waals surface area contributed by atoms with Gasteiger partial charge in [0.25, 0.3) is 0 Å². The van der Waals surface area contributed by atoms with Crippen molar-refractivity contribution in [2.45, 2.75) is 82.0 Å². The number of rotatable bonds is 3. The topological polar surface area (TPSA) is 50.9 Å². The number of urea groups is 1. The lowest BCUT2D eigenvalue weighted by Gasteiger charge is -2.47. The van der Waals surface area contributed by atoms with Crippen LogP contribution in [0.2, 0.25) is 0 Å². The first-order chi connectivity index (χ1) is 13.8. The summed E-state index contributed by atoms with van der Waals surface area (Å²) >= 11 is 0. The van der Waals surface area contributed by atoms with Crippen molar-refractivity contribution in [1.82, 2.24) is 25.3 Å². The molecule has 2 atom stereocenters. The number of fused-ring (bicyclic) bond motifs is 1. The monoisotopic (exact) mass is 389 g/mol. The van der Waals surface area contributed by atoms with Crippen LogP contribution >= 0.6 is 0 Å². The second-order valence-corrected chi connectivity index (χ2v) is 9.91. The fraction of sp³-hybridized carbons (Fsp3) is 0.955. The molecule has 2 aliphatic carbocycles. The second-order valence-electron chi connectivity index (χ2n) is 9.91. The molecule has 0 aromatic heterocycles. The minimum absolute atomic E-state index is 0.215. The fourth-order valence-electron chi connectivity index (χ4n) is 6.38. The van der Waals surface area contributed by atoms with Crippen molar-refractivity contribution in [2.24, 2.45) is 5.92 Å². The van der Waals surface area contributed by atoms with E-state index in [4.69, 9.17) is 0 Å². The largest absolute Gasteiger partial charge is 0.335 e. The molecule has 0 bridgehead atoms. The van der Waals surface area contributed by atoms with E-state index in [0.717, 1.165) is 57.1 Å². The van der Waals surface area contributed by atoms with Crippen LogP contribution in [0.25, 0.3) is 0 Å². The third-order valence-electron chi connectivity index (χ3n) is 8.11. The van der Waals surface area contributed by atoms with Crippen LogP contribution < -0.4 is 10.6 Å². The Balaban J connectivity index is 1.08. The molecule has 2 unspecified atom stereocenters. The first-order valence-electron chi connectivity index (χ1n) is 12.0. The number of piperidine rings is 2. The highest BCUT2D eigenvalue weighted by Crippen LogP contribution is 2.38. The van der Waals surface area contributed by atoms with E-state index >= 15 is 0 Å². The Bertz CT molecular complexity index is 539. The van der Waals surface area contributed by atoms with Crippen molar-refractivity contribution in [3.8, 4) is 0 Å². The van der Waals surface area contributed by atoms with Gasteiger partial charge in [-0.05, 0) is 70.3 Å². The normalized spacial score (nSPS) is 38.1. The molecule has 6 heteroatoms. The van der Waals surface area contributed by atoms with Crippen molar-refractivity contribution in [3.63, 3.8) is 0 Å². The Labute approximate surface area is 170 Å². The summed E-state index contributed by atoms with van der Waals surface area (Å²) < 4.78 is 0. The van der Waals surface area contributed by atoms with Gasteiger partial charge in [-0.3, -0.25) is 9.80 Å². The Kier molecular flexibility index (Phi) is 5.80. The van der Waals surface area contributed by atoms with E-state index in [0.29, 0.717) is 12.0 Å². The minimum atomic E-state index is 0.215. The van der Waals surface area contributed by atoms with Gasteiger partial charge in [-0.25, -0.2) is 4.79 Å². The molecule has 6 nitrogen and oxygen atoms in total. The molecular formula is C22H39N5O. The first kappa shape index (κ1) is 19.1. The number of nitrogens with zero attached hydrogens (tertiary/aromatic N) is 3. The van der Waals surface area contributed by atoms with Gasteiger partial charge in [-0.1, -0.05) is 0 Å². The summed E-state index contributed by atoms with van der Waals surface area (Å²) in [5, 5.41) is 6.85. The van der Waals surface area contributed by atoms with Crippen LogP contribution in [-0.4, -0.2) is 90.7 Å². The van der Waals surface area contributed by atoms with Gasteiger partial charge < -0.3 is 15.5 Å². The molecule has 2 saturated carbocycles. The van der Waals surface area contributed by atoms with E-state index in [1.165, 1.54) is 64.6 Å². The molecule has 3 saturated heterocycles. The fourth-order valence-corrected chi connectivity index (χ4v) is 6.38. The van der Waals surface area contributed by atoms with E-state index in [1.807, 2.05) is 0 Å². The summed E-state index contributed by atoms with van der Waals surface area (Å²) in [6.45, 7) is 7.88. The standard InChI is InChI=1S/C22H39N5O/c28-22(24-18-3-5-19(6-4-18)25-14-10-23-11-15-25)26-13-9-21-17(16-26)2-1-12-27(21)20-7-8-20/h17-21,23H,1-16H2,(H,24,28). The number of carbonyl (C=O) groups is 1. The second kappa shape index (κ2) is 8.49. The predicted octanol–water partition coefficient (Wildman–Crippen LogP) is 1.86. The number of hydrogen-bond donors (Lipinski definition) is 2. The zero-order valence-electron chi connectivity index (χ0n) is 17.5. The number of piperazine rings is 1. The van der Waals surface area contributed by atoms with Gasteiger partial charge in [-0.15, -0.1) is 0 Å². The lowest BCUT2D eigenvalue weighted by molar-refractivity contribution is 0.0287. The molecule has 5 aliphatic rings. The molecule has 5 rings (SSSR count). The molecule has 0 spiro atoms. The Morgan fingerprint density at radius 2 is 1.57 bits per heavy atom. The van der Waals surface area contributed by atoms with Gasteiger partial charge >= 0.3 is 6.03 Å². The maximum atomic E-state index is 12.9. The molecule has 5 fully saturated rings. The third kappa shape index (κ3) is 4.19. The Morgan fingerprint density at radius 1 is 0.821 bits per heavy atom. The SMILES string of the molecule is O=C(NC1CCC(N2CCNCC2)CC1)N1CCC2C(CCCN2C2CC2)C1. The average Bonchev–Trinajstić information content (AvgIpc) is 3.59. The van der Waals surface area contributed by atoms with E-state index in [9.17, 15) is 4.79 Å². The molecule has 3 heterocycles. The molecule has 28 heavy (non-hydrogen) atoms. The van der Waals surface area contributed by atoms with Gasteiger partial charge in [0.1, 0.15) is 0 Å². The van der Waals surface area contributed by atoms with E-state index < -0.39 is 0 Å². The molecule has 0 aromatic rings. The number of nitrogens with one attached hydrogen (secondary N) is 2. The van der Waals surface area contributed by atoms with Crippen LogP contribution in [0.3, 0.4) is 0 Å². The highest BCUT2D eigenvalue weighted by Gasteiger charge is 2.42. The molecule has 0 aromatic carbocycles. The highest BCUT2D eigenvalue weighted by molar-refractivity contribution is 5.74. The van der Waals surface area contributed by atoms with Crippen molar-refractivity contribution >= 4 is 6.03 Å². The third-order valence-corrected chi connectivity index (χ3v) is 8.11. The van der Waals surface area contributed by atoms with Crippen LogP contribution in [0, 0.1) is 5.92 Å². The van der Waals surface area contributed by atoms with Crippen LogP contribution in [-0.2, 0) is 0 Å². The molecule has 3 aliphatic heterocycles. The molecule has 158 valence electrons. The lowest BCUT2D eigenvalue weighted by atomic mass is 9.83. The molecule has 2 N–H and O–H groups in total. The zero-order chi connectivity index (χ0) is 18.9. The first-order valence-corrected chi connectivity index (χ1v) is 12.0. The number of amides is 2. The van der Waals surface area contributed by atoms with E-state index in [-0.39, 0.29) is 6.03 Å². The van der Waals surface area contributed by atoms with E-state index in [1.54, 1.807) is 0 Å². The van der Waals surface area contributed by atoms with Crippen LogP contribution in [0.5, 0.6) is 0 Å². The Morgan fingerprint density at radius 3 is 2.32 bits per heavy atom. The number of likely N-dealkylation sites (tertiary alicyclic amines) is 2. The lowest BCUT2D eigenvalue weighted by Crippen LogP contribution is -2.58. The summed E-state index contributed by atoms with van der Waals surface area (Å²) in [7, 11) is 0. The van der Waals surface area contributed by atoms with Crippen LogP contribution in [0.4, 0.5) is 4.79 Å². The van der Waals surface area contributed by atoms with Gasteiger partial charge in [0.2, 0.25) is 0 Å². The van der Waals surface area contributed by atoms with Gasteiger partial charge in [0.05, 0.1) is 0 Å². The van der Waals surface area contributed by atoms with Gasteiger partial charge in [0, 0.05) is 63.4 Å². The number of carbonyl (C=O) groups excluding carboxylic acids is 1. The van der Waals surface area contributed by atoms with Crippen molar-refractivity contribution in [3.05, 3.63) is 0 Å². The van der Waals surface area contributed by atoms with E-state index in [2.05, 4.69) is 25.3 Å². The quantitative estimate of drug-likeness (QED) is 0.774. The smallest absolute Gasteiger partial charge is 0.317 e. The molecular weight excluding hydrogens is 350 g/mol. The van der Waals surface area contributed by atoms with Crippen molar-refractivity contribution in [2.75, 3.05) is 45.8 Å². The molecule has 0 radical (unpaired) electrons. The number of hydrogen-bond acceptors (Lipinski definition) is 4. The molecule has 2 amide bonds. The summed E-state index contributed by atoms with van der Waals surface area (Å²) in [5.74, 6) is 0.706.